The second-order valence-corrected chi connectivity index (χ2v) is 5.16. The molecule has 1 aromatic carbocycles. The minimum Gasteiger partial charge on any atom is -0.423 e. The predicted octanol–water partition coefficient (Wildman–Crippen LogP) is 3.25. The average molecular weight is 338 g/mol. The van der Waals surface area contributed by atoms with Gasteiger partial charge in [0.2, 0.25) is 0 Å². The van der Waals surface area contributed by atoms with Crippen LogP contribution in [0.4, 0.5) is 19.2 Å². The molecule has 3 aromatic rings. The van der Waals surface area contributed by atoms with Crippen molar-refractivity contribution in [1.29, 1.82) is 0 Å². The normalized spacial score (nSPS) is 11.8. The highest BCUT2D eigenvalue weighted by Crippen LogP contribution is 2.22. The lowest BCUT2D eigenvalue weighted by Gasteiger charge is -2.10. The third-order valence-corrected chi connectivity index (χ3v) is 3.36. The number of fused-ring (bicyclic) bond motifs is 1. The van der Waals surface area contributed by atoms with Crippen molar-refractivity contribution >= 4 is 23.0 Å². The topological polar surface area (TPSA) is 64.2 Å². The van der Waals surface area contributed by atoms with Crippen LogP contribution in [0.2, 0.25) is 0 Å². The molecule has 9 heteroatoms. The molecular weight excluding hydrogens is 325 g/mol. The molecular formula is C15H13F3N4O2. The zero-order chi connectivity index (χ0) is 17.3. The number of hydrogen-bond donors (Lipinski definition) is 0. The van der Waals surface area contributed by atoms with Crippen LogP contribution >= 0.6 is 0 Å². The zero-order valence-electron chi connectivity index (χ0n) is 12.6. The van der Waals surface area contributed by atoms with E-state index in [1.165, 1.54) is 19.3 Å². The monoisotopic (exact) mass is 338 g/mol. The second kappa shape index (κ2) is 5.99. The van der Waals surface area contributed by atoms with Crippen molar-refractivity contribution in [2.45, 2.75) is 19.1 Å². The SMILES string of the molecule is CN(C(=O)c1ccn(CCC(F)(F)F)n1)c1nc2ccccc2o1. The number of hydrogen-bond acceptors (Lipinski definition) is 4. The van der Waals surface area contributed by atoms with Crippen molar-refractivity contribution < 1.29 is 22.4 Å². The minimum absolute atomic E-state index is 0.0157. The zero-order valence-corrected chi connectivity index (χ0v) is 12.6. The molecule has 0 saturated heterocycles. The van der Waals surface area contributed by atoms with Gasteiger partial charge in [-0.25, -0.2) is 0 Å². The van der Waals surface area contributed by atoms with E-state index in [2.05, 4.69) is 10.1 Å². The van der Waals surface area contributed by atoms with E-state index in [1.54, 1.807) is 24.3 Å². The molecule has 2 aromatic heterocycles. The van der Waals surface area contributed by atoms with Crippen molar-refractivity contribution in [2.24, 2.45) is 0 Å². The molecule has 0 bridgehead atoms. The van der Waals surface area contributed by atoms with Gasteiger partial charge in [0.05, 0.1) is 6.42 Å². The van der Waals surface area contributed by atoms with Gasteiger partial charge < -0.3 is 4.42 Å². The number of aryl methyl sites for hydroxylation is 1. The van der Waals surface area contributed by atoms with Gasteiger partial charge in [-0.05, 0) is 18.2 Å². The van der Waals surface area contributed by atoms with Gasteiger partial charge in [0, 0.05) is 19.8 Å². The van der Waals surface area contributed by atoms with E-state index >= 15 is 0 Å². The van der Waals surface area contributed by atoms with E-state index in [4.69, 9.17) is 4.42 Å². The number of nitrogens with zero attached hydrogens (tertiary/aromatic N) is 4. The van der Waals surface area contributed by atoms with Gasteiger partial charge in [-0.15, -0.1) is 0 Å². The Morgan fingerprint density at radius 2 is 2.04 bits per heavy atom. The van der Waals surface area contributed by atoms with Crippen LogP contribution in [0.3, 0.4) is 0 Å². The van der Waals surface area contributed by atoms with Crippen LogP contribution in [0, 0.1) is 0 Å². The molecule has 0 fully saturated rings. The van der Waals surface area contributed by atoms with Gasteiger partial charge in [-0.3, -0.25) is 14.4 Å². The molecule has 0 saturated carbocycles. The van der Waals surface area contributed by atoms with Crippen molar-refractivity contribution in [1.82, 2.24) is 14.8 Å². The Bertz CT molecular complexity index is 836. The summed E-state index contributed by atoms with van der Waals surface area (Å²) in [6, 6.07) is 8.48. The summed E-state index contributed by atoms with van der Waals surface area (Å²) in [7, 11) is 1.46. The van der Waals surface area contributed by atoms with Crippen LogP contribution in [-0.2, 0) is 6.54 Å². The fourth-order valence-corrected chi connectivity index (χ4v) is 2.10. The molecule has 0 aliphatic carbocycles. The fourth-order valence-electron chi connectivity index (χ4n) is 2.10. The van der Waals surface area contributed by atoms with E-state index in [0.717, 1.165) is 9.58 Å². The molecule has 126 valence electrons. The van der Waals surface area contributed by atoms with Gasteiger partial charge in [0.25, 0.3) is 5.91 Å². The number of carbonyl (C=O) groups excluding carboxylic acids is 1. The highest BCUT2D eigenvalue weighted by molar-refractivity contribution is 6.03. The number of rotatable bonds is 4. The summed E-state index contributed by atoms with van der Waals surface area (Å²) >= 11 is 0. The lowest BCUT2D eigenvalue weighted by atomic mass is 10.3. The van der Waals surface area contributed by atoms with Crippen LogP contribution in [0.25, 0.3) is 11.1 Å². The van der Waals surface area contributed by atoms with Crippen LogP contribution in [0.5, 0.6) is 0 Å². The first-order valence-corrected chi connectivity index (χ1v) is 7.07. The lowest BCUT2D eigenvalue weighted by Crippen LogP contribution is -2.27. The first-order valence-electron chi connectivity index (χ1n) is 7.07. The number of oxazole rings is 1. The van der Waals surface area contributed by atoms with E-state index in [-0.39, 0.29) is 18.3 Å². The Morgan fingerprint density at radius 3 is 2.75 bits per heavy atom. The first-order chi connectivity index (χ1) is 11.3. The molecule has 0 radical (unpaired) electrons. The molecule has 3 rings (SSSR count). The summed E-state index contributed by atoms with van der Waals surface area (Å²) in [6.45, 7) is -0.344. The third kappa shape index (κ3) is 3.39. The molecule has 0 aliphatic heterocycles. The molecule has 2 heterocycles. The molecule has 0 unspecified atom stereocenters. The van der Waals surface area contributed by atoms with Crippen molar-refractivity contribution in [3.05, 3.63) is 42.2 Å². The number of aromatic nitrogens is 3. The van der Waals surface area contributed by atoms with Crippen LogP contribution in [0.15, 0.2) is 40.9 Å². The molecule has 6 nitrogen and oxygen atoms in total. The van der Waals surface area contributed by atoms with Crippen LogP contribution < -0.4 is 4.90 Å². The number of anilines is 1. The molecule has 0 aliphatic rings. The van der Waals surface area contributed by atoms with Gasteiger partial charge in [-0.2, -0.15) is 23.3 Å². The number of alkyl halides is 3. The van der Waals surface area contributed by atoms with Crippen LogP contribution in [0.1, 0.15) is 16.9 Å². The molecule has 24 heavy (non-hydrogen) atoms. The Hall–Kier alpha value is -2.84. The second-order valence-electron chi connectivity index (χ2n) is 5.16. The first kappa shape index (κ1) is 16.0. The molecule has 1 amide bonds. The minimum atomic E-state index is -4.27. The standard InChI is InChI=1S/C15H13F3N4O2/c1-21(14-19-10-4-2-3-5-12(10)24-14)13(23)11-6-8-22(20-11)9-7-15(16,17)18/h2-6,8H,7,9H2,1H3. The Labute approximate surface area is 134 Å². The fraction of sp³-hybridized carbons (Fsp3) is 0.267. The maximum Gasteiger partial charge on any atom is 0.390 e. The Morgan fingerprint density at radius 1 is 1.29 bits per heavy atom. The number of para-hydroxylation sites is 2. The lowest BCUT2D eigenvalue weighted by molar-refractivity contribution is -0.137. The van der Waals surface area contributed by atoms with Gasteiger partial charge in [0.15, 0.2) is 11.3 Å². The Kier molecular flexibility index (Phi) is 4.00. The quantitative estimate of drug-likeness (QED) is 0.732. The highest BCUT2D eigenvalue weighted by atomic mass is 19.4. The number of amides is 1. The van der Waals surface area contributed by atoms with Crippen LogP contribution in [-0.4, -0.2) is 33.9 Å². The van der Waals surface area contributed by atoms with Crippen molar-refractivity contribution in [3.8, 4) is 0 Å². The van der Waals surface area contributed by atoms with E-state index in [9.17, 15) is 18.0 Å². The van der Waals surface area contributed by atoms with E-state index < -0.39 is 18.5 Å². The number of halogens is 3. The summed E-state index contributed by atoms with van der Waals surface area (Å²) in [4.78, 5) is 17.7. The van der Waals surface area contributed by atoms with Gasteiger partial charge >= 0.3 is 12.2 Å². The largest absolute Gasteiger partial charge is 0.423 e. The van der Waals surface area contributed by atoms with Crippen molar-refractivity contribution in [3.63, 3.8) is 0 Å². The molecule has 0 N–H and O–H groups in total. The summed E-state index contributed by atoms with van der Waals surface area (Å²) in [5.41, 5.74) is 1.15. The predicted molar refractivity (Wildman–Crippen MR) is 79.6 cm³/mol. The number of carbonyl (C=O) groups is 1. The Balaban J connectivity index is 1.75. The maximum atomic E-state index is 12.4. The molecule has 0 spiro atoms. The highest BCUT2D eigenvalue weighted by Gasteiger charge is 2.27. The summed E-state index contributed by atoms with van der Waals surface area (Å²) in [5, 5.41) is 3.87. The molecule has 0 atom stereocenters. The number of benzene rings is 1. The van der Waals surface area contributed by atoms with Gasteiger partial charge in [-0.1, -0.05) is 12.1 Å². The third-order valence-electron chi connectivity index (χ3n) is 3.36. The van der Waals surface area contributed by atoms with E-state index in [0.29, 0.717) is 11.1 Å². The summed E-state index contributed by atoms with van der Waals surface area (Å²) < 4.78 is 43.2. The smallest absolute Gasteiger partial charge is 0.390 e. The summed E-state index contributed by atoms with van der Waals surface area (Å²) in [5.74, 6) is -0.521. The van der Waals surface area contributed by atoms with E-state index in [1.807, 2.05) is 0 Å². The van der Waals surface area contributed by atoms with Crippen molar-refractivity contribution in [2.75, 3.05) is 11.9 Å². The summed E-state index contributed by atoms with van der Waals surface area (Å²) in [6.07, 6.45) is -3.95. The van der Waals surface area contributed by atoms with Gasteiger partial charge in [0.1, 0.15) is 5.52 Å². The maximum absolute atomic E-state index is 12.4. The average Bonchev–Trinajstić information content (AvgIpc) is 3.17.